The Balaban J connectivity index is 2.58. The highest BCUT2D eigenvalue weighted by Gasteiger charge is 1.97. The fourth-order valence-electron chi connectivity index (χ4n) is 1.04. The average Bonchev–Trinajstić information content (AvgIpc) is 2.25. The van der Waals surface area contributed by atoms with Gasteiger partial charge in [-0.2, -0.15) is 0 Å². The second-order valence-corrected chi connectivity index (χ2v) is 3.06. The van der Waals surface area contributed by atoms with Gasteiger partial charge in [0.15, 0.2) is 0 Å². The number of hydrogen-bond acceptors (Lipinski definition) is 3. The van der Waals surface area contributed by atoms with E-state index in [0.717, 1.165) is 6.42 Å². The monoisotopic (exact) mass is 206 g/mol. The van der Waals surface area contributed by atoms with E-state index in [1.807, 2.05) is 6.92 Å². The molecule has 0 aliphatic heterocycles. The Hall–Kier alpha value is -1.77. The number of carbonyl (C=O) groups excluding carboxylic acids is 1. The molecule has 0 atom stereocenters. The third kappa shape index (κ3) is 3.85. The van der Waals surface area contributed by atoms with Crippen molar-refractivity contribution in [1.82, 2.24) is 0 Å². The molecule has 15 heavy (non-hydrogen) atoms. The van der Waals surface area contributed by atoms with E-state index in [1.165, 1.54) is 12.2 Å². The highest BCUT2D eigenvalue weighted by molar-refractivity contribution is 5.87. The SMILES string of the molecule is CCCOC(=O)C=Cc1ccccc1O. The van der Waals surface area contributed by atoms with Crippen LogP contribution in [0.25, 0.3) is 6.08 Å². The highest BCUT2D eigenvalue weighted by Crippen LogP contribution is 2.16. The molecule has 0 fully saturated rings. The van der Waals surface area contributed by atoms with E-state index in [-0.39, 0.29) is 11.7 Å². The maximum atomic E-state index is 11.1. The summed E-state index contributed by atoms with van der Waals surface area (Å²) in [7, 11) is 0. The molecular formula is C12H14O3. The number of phenols is 1. The maximum absolute atomic E-state index is 11.1. The summed E-state index contributed by atoms with van der Waals surface area (Å²) in [5, 5.41) is 9.40. The fraction of sp³-hybridized carbons (Fsp3) is 0.250. The second-order valence-electron chi connectivity index (χ2n) is 3.06. The molecule has 0 heterocycles. The highest BCUT2D eigenvalue weighted by atomic mass is 16.5. The van der Waals surface area contributed by atoms with Crippen LogP contribution in [0.2, 0.25) is 0 Å². The van der Waals surface area contributed by atoms with Crippen molar-refractivity contribution in [2.45, 2.75) is 13.3 Å². The van der Waals surface area contributed by atoms with Gasteiger partial charge < -0.3 is 9.84 Å². The number of rotatable bonds is 4. The zero-order valence-corrected chi connectivity index (χ0v) is 8.64. The smallest absolute Gasteiger partial charge is 0.330 e. The van der Waals surface area contributed by atoms with Crippen molar-refractivity contribution in [3.8, 4) is 5.75 Å². The molecule has 0 aliphatic carbocycles. The molecule has 80 valence electrons. The van der Waals surface area contributed by atoms with Crippen LogP contribution in [0.15, 0.2) is 30.3 Å². The van der Waals surface area contributed by atoms with Gasteiger partial charge in [0, 0.05) is 11.6 Å². The molecular weight excluding hydrogens is 192 g/mol. The van der Waals surface area contributed by atoms with Crippen molar-refractivity contribution < 1.29 is 14.6 Å². The predicted molar refractivity (Wildman–Crippen MR) is 58.4 cm³/mol. The van der Waals surface area contributed by atoms with Crippen LogP contribution < -0.4 is 0 Å². The fourth-order valence-corrected chi connectivity index (χ4v) is 1.04. The first-order valence-corrected chi connectivity index (χ1v) is 4.87. The van der Waals surface area contributed by atoms with Crippen molar-refractivity contribution >= 4 is 12.0 Å². The summed E-state index contributed by atoms with van der Waals surface area (Å²) in [6, 6.07) is 6.80. The van der Waals surface area contributed by atoms with Crippen molar-refractivity contribution in [3.63, 3.8) is 0 Å². The Bertz CT molecular complexity index is 356. The summed E-state index contributed by atoms with van der Waals surface area (Å²) in [4.78, 5) is 11.1. The minimum absolute atomic E-state index is 0.150. The standard InChI is InChI=1S/C12H14O3/c1-2-9-15-12(14)8-7-10-5-3-4-6-11(10)13/h3-8,13H,2,9H2,1H3. The van der Waals surface area contributed by atoms with Gasteiger partial charge in [0.2, 0.25) is 0 Å². The second kappa shape index (κ2) is 5.86. The van der Waals surface area contributed by atoms with E-state index in [9.17, 15) is 9.90 Å². The first-order chi connectivity index (χ1) is 7.24. The molecule has 0 saturated carbocycles. The largest absolute Gasteiger partial charge is 0.507 e. The van der Waals surface area contributed by atoms with E-state index < -0.39 is 0 Å². The third-order valence-electron chi connectivity index (χ3n) is 1.78. The number of carbonyl (C=O) groups is 1. The first-order valence-electron chi connectivity index (χ1n) is 4.87. The van der Waals surface area contributed by atoms with Crippen LogP contribution in [0.4, 0.5) is 0 Å². The van der Waals surface area contributed by atoms with Gasteiger partial charge in [-0.15, -0.1) is 0 Å². The molecule has 1 N–H and O–H groups in total. The quantitative estimate of drug-likeness (QED) is 0.607. The van der Waals surface area contributed by atoms with Gasteiger partial charge in [-0.1, -0.05) is 25.1 Å². The van der Waals surface area contributed by atoms with E-state index in [2.05, 4.69) is 0 Å². The van der Waals surface area contributed by atoms with E-state index in [1.54, 1.807) is 24.3 Å². The zero-order valence-electron chi connectivity index (χ0n) is 8.64. The molecule has 0 spiro atoms. The molecule has 0 aromatic heterocycles. The van der Waals surface area contributed by atoms with Gasteiger partial charge in [0.1, 0.15) is 5.75 Å². The summed E-state index contributed by atoms with van der Waals surface area (Å²) < 4.78 is 4.85. The third-order valence-corrected chi connectivity index (χ3v) is 1.78. The van der Waals surface area contributed by atoms with Crippen LogP contribution in [0.3, 0.4) is 0 Å². The summed E-state index contributed by atoms with van der Waals surface area (Å²) in [5.74, 6) is -0.239. The van der Waals surface area contributed by atoms with E-state index in [4.69, 9.17) is 4.74 Å². The molecule has 0 radical (unpaired) electrons. The summed E-state index contributed by atoms with van der Waals surface area (Å²) >= 11 is 0. The summed E-state index contributed by atoms with van der Waals surface area (Å²) in [5.41, 5.74) is 0.603. The number of ether oxygens (including phenoxy) is 1. The van der Waals surface area contributed by atoms with Crippen molar-refractivity contribution in [2.75, 3.05) is 6.61 Å². The van der Waals surface area contributed by atoms with E-state index in [0.29, 0.717) is 12.2 Å². The maximum Gasteiger partial charge on any atom is 0.330 e. The Kier molecular flexibility index (Phi) is 4.41. The van der Waals surface area contributed by atoms with Gasteiger partial charge in [0.05, 0.1) is 6.61 Å². The molecule has 3 nitrogen and oxygen atoms in total. The molecule has 1 aromatic rings. The van der Waals surface area contributed by atoms with Gasteiger partial charge in [-0.3, -0.25) is 0 Å². The van der Waals surface area contributed by atoms with Gasteiger partial charge in [0.25, 0.3) is 0 Å². The minimum Gasteiger partial charge on any atom is -0.507 e. The van der Waals surface area contributed by atoms with Crippen LogP contribution in [-0.2, 0) is 9.53 Å². The predicted octanol–water partition coefficient (Wildman–Crippen LogP) is 2.36. The van der Waals surface area contributed by atoms with Crippen LogP contribution in [0.1, 0.15) is 18.9 Å². The summed E-state index contributed by atoms with van der Waals surface area (Å²) in [6.45, 7) is 2.35. The number of hydrogen-bond donors (Lipinski definition) is 1. The van der Waals surface area contributed by atoms with Crippen molar-refractivity contribution in [3.05, 3.63) is 35.9 Å². The lowest BCUT2D eigenvalue weighted by atomic mass is 10.2. The Morgan fingerprint density at radius 2 is 2.20 bits per heavy atom. The van der Waals surface area contributed by atoms with Crippen molar-refractivity contribution in [2.24, 2.45) is 0 Å². The molecule has 0 saturated heterocycles. The lowest BCUT2D eigenvalue weighted by Crippen LogP contribution is -2.00. The Morgan fingerprint density at radius 1 is 1.47 bits per heavy atom. The number of esters is 1. The van der Waals surface area contributed by atoms with Gasteiger partial charge in [-0.25, -0.2) is 4.79 Å². The Morgan fingerprint density at radius 3 is 2.87 bits per heavy atom. The summed E-state index contributed by atoms with van der Waals surface area (Å²) in [6.07, 6.45) is 3.65. The Labute approximate surface area is 89.0 Å². The molecule has 0 aliphatic rings. The van der Waals surface area contributed by atoms with Gasteiger partial charge >= 0.3 is 5.97 Å². The number of para-hydroxylation sites is 1. The molecule has 0 bridgehead atoms. The van der Waals surface area contributed by atoms with E-state index >= 15 is 0 Å². The molecule has 3 heteroatoms. The lowest BCUT2D eigenvalue weighted by molar-refractivity contribution is -0.137. The number of aromatic hydroxyl groups is 1. The molecule has 0 amide bonds. The van der Waals surface area contributed by atoms with Crippen LogP contribution >= 0.6 is 0 Å². The van der Waals surface area contributed by atoms with Crippen LogP contribution in [-0.4, -0.2) is 17.7 Å². The lowest BCUT2D eigenvalue weighted by Gasteiger charge is -1.98. The first kappa shape index (κ1) is 11.3. The zero-order chi connectivity index (χ0) is 11.1. The molecule has 0 unspecified atom stereocenters. The topological polar surface area (TPSA) is 46.5 Å². The number of benzene rings is 1. The van der Waals surface area contributed by atoms with Crippen LogP contribution in [0.5, 0.6) is 5.75 Å². The minimum atomic E-state index is -0.389. The molecule has 1 aromatic carbocycles. The average molecular weight is 206 g/mol. The van der Waals surface area contributed by atoms with Crippen LogP contribution in [0, 0.1) is 0 Å². The van der Waals surface area contributed by atoms with Crippen molar-refractivity contribution in [1.29, 1.82) is 0 Å². The normalized spacial score (nSPS) is 10.5. The van der Waals surface area contributed by atoms with Gasteiger partial charge in [-0.05, 0) is 18.6 Å². The number of phenolic OH excluding ortho intramolecular Hbond substituents is 1. The molecule has 1 rings (SSSR count).